The van der Waals surface area contributed by atoms with Gasteiger partial charge in [0.25, 0.3) is 7.82 Å². The van der Waals surface area contributed by atoms with Crippen molar-refractivity contribution in [3.63, 3.8) is 0 Å². The number of ether oxygens (including phenoxy) is 1. The lowest BCUT2D eigenvalue weighted by Crippen LogP contribution is -2.47. The van der Waals surface area contributed by atoms with Crippen LogP contribution in [0.1, 0.15) is 213 Å². The van der Waals surface area contributed by atoms with Gasteiger partial charge in [0, 0.05) is 12.8 Å². The molecule has 10 heteroatoms. The van der Waals surface area contributed by atoms with Crippen LogP contribution in [-0.2, 0) is 27.9 Å². The molecule has 0 saturated heterocycles. The first-order chi connectivity index (χ1) is 35.4. The maximum atomic E-state index is 13.5. The summed E-state index contributed by atoms with van der Waals surface area (Å²) in [6, 6.07) is -0.941. The summed E-state index contributed by atoms with van der Waals surface area (Å²) in [4.78, 5) is 39.9. The Morgan fingerprint density at radius 3 is 1.47 bits per heavy atom. The van der Waals surface area contributed by atoms with Gasteiger partial charge in [-0.25, -0.2) is 0 Å². The summed E-state index contributed by atoms with van der Waals surface area (Å²) in [7, 11) is 1.11. The number of carbonyl (C=O) groups excluding carboxylic acids is 2. The molecule has 0 bridgehead atoms. The number of esters is 1. The predicted octanol–water partition coefficient (Wildman–Crippen LogP) is 16.9. The number of phosphoric acid groups is 1. The average molecular weight is 1040 g/mol. The monoisotopic (exact) mass is 1030 g/mol. The quantitative estimate of drug-likeness (QED) is 0.0161. The minimum absolute atomic E-state index is 0.0445. The summed E-state index contributed by atoms with van der Waals surface area (Å²) in [6.07, 6.45) is 71.8. The van der Waals surface area contributed by atoms with Gasteiger partial charge < -0.3 is 28.5 Å². The smallest absolute Gasteiger partial charge is 0.306 e. The summed E-state index contributed by atoms with van der Waals surface area (Å²) in [5.74, 6) is -0.663. The Morgan fingerprint density at radius 1 is 0.507 bits per heavy atom. The topological polar surface area (TPSA) is 114 Å². The molecular weight excluding hydrogens is 928 g/mol. The minimum Gasteiger partial charge on any atom is -0.756 e. The number of rotatable bonds is 50. The first-order valence-electron chi connectivity index (χ1n) is 28.9. The maximum Gasteiger partial charge on any atom is 0.306 e. The number of amides is 1. The van der Waals surface area contributed by atoms with Crippen molar-refractivity contribution in [1.29, 1.82) is 0 Å². The first-order valence-corrected chi connectivity index (χ1v) is 30.3. The minimum atomic E-state index is -4.73. The van der Waals surface area contributed by atoms with Gasteiger partial charge in [-0.2, -0.15) is 0 Å². The van der Waals surface area contributed by atoms with Gasteiger partial charge in [-0.3, -0.25) is 14.2 Å². The number of hydrogen-bond acceptors (Lipinski definition) is 7. The second-order valence-electron chi connectivity index (χ2n) is 20.1. The molecule has 73 heavy (non-hydrogen) atoms. The van der Waals surface area contributed by atoms with E-state index in [9.17, 15) is 19.0 Å². The average Bonchev–Trinajstić information content (AvgIpc) is 3.35. The van der Waals surface area contributed by atoms with Crippen LogP contribution in [0.3, 0.4) is 0 Å². The van der Waals surface area contributed by atoms with Gasteiger partial charge in [-0.15, -0.1) is 0 Å². The van der Waals surface area contributed by atoms with E-state index in [0.717, 1.165) is 89.9 Å². The molecule has 0 heterocycles. The summed E-state index contributed by atoms with van der Waals surface area (Å²) in [5, 5.41) is 2.97. The Morgan fingerprint density at radius 2 is 0.959 bits per heavy atom. The molecule has 0 aliphatic heterocycles. The number of carbonyl (C=O) groups is 2. The Labute approximate surface area is 448 Å². The van der Waals surface area contributed by atoms with Crippen LogP contribution in [0, 0.1) is 0 Å². The molecule has 0 spiro atoms. The number of quaternary nitrogens is 1. The van der Waals surface area contributed by atoms with Gasteiger partial charge in [-0.05, 0) is 89.5 Å². The third-order valence-corrected chi connectivity index (χ3v) is 12.9. The lowest BCUT2D eigenvalue weighted by molar-refractivity contribution is -0.870. The number of nitrogens with zero attached hydrogens (tertiary/aromatic N) is 1. The van der Waals surface area contributed by atoms with Gasteiger partial charge in [0.2, 0.25) is 5.91 Å². The van der Waals surface area contributed by atoms with Crippen molar-refractivity contribution in [2.45, 2.75) is 226 Å². The second kappa shape index (κ2) is 51.9. The molecule has 0 aromatic heterocycles. The lowest BCUT2D eigenvalue weighted by atomic mass is 10.0. The number of phosphoric ester groups is 1. The molecule has 0 radical (unpaired) electrons. The van der Waals surface area contributed by atoms with Gasteiger partial charge in [0.15, 0.2) is 0 Å². The van der Waals surface area contributed by atoms with E-state index in [1.165, 1.54) is 77.0 Å². The van der Waals surface area contributed by atoms with Crippen molar-refractivity contribution in [2.75, 3.05) is 40.9 Å². The zero-order valence-electron chi connectivity index (χ0n) is 47.3. The zero-order chi connectivity index (χ0) is 53.6. The molecule has 9 nitrogen and oxygen atoms in total. The third-order valence-electron chi connectivity index (χ3n) is 12.0. The van der Waals surface area contributed by atoms with E-state index in [2.05, 4.69) is 123 Å². The van der Waals surface area contributed by atoms with Gasteiger partial charge >= 0.3 is 5.97 Å². The van der Waals surface area contributed by atoms with Crippen molar-refractivity contribution < 1.29 is 37.3 Å². The standard InChI is InChI=1S/C63H107N2O7P/c1-7-10-13-16-19-22-25-28-30-31-32-33-35-37-40-43-46-49-52-55-62(66)64-60(59-71-73(68,69)70-58-57-65(4,5)6)61(54-51-48-45-42-39-36-27-24-21-18-15-12-9-3)72-63(67)56-53-50-47-44-41-38-34-29-26-23-20-17-14-11-8-2/h10-11,13-14,17,19-20,22-23,26,28,30,32-33,37,40,46,49,51,54,60-61H,7-9,12,15-16,18,21,24-25,27,29,31,34-36,38-39,41-45,47-48,50,52-53,55-59H2,1-6H3,(H-,64,66,68,69)/b13-10-,14-11+,20-17+,22-19-,26-23+,30-28-,33-32-,40-37-,49-46-,54-51-. The van der Waals surface area contributed by atoms with Crippen LogP contribution < -0.4 is 10.2 Å². The maximum absolute atomic E-state index is 13.5. The van der Waals surface area contributed by atoms with E-state index in [1.807, 2.05) is 39.4 Å². The molecule has 0 saturated carbocycles. The highest BCUT2D eigenvalue weighted by molar-refractivity contribution is 7.45. The highest BCUT2D eigenvalue weighted by Crippen LogP contribution is 2.38. The van der Waals surface area contributed by atoms with E-state index in [1.54, 1.807) is 6.08 Å². The van der Waals surface area contributed by atoms with Crippen molar-refractivity contribution in [2.24, 2.45) is 0 Å². The molecule has 0 aliphatic rings. The zero-order valence-corrected chi connectivity index (χ0v) is 48.2. The number of unbranched alkanes of at least 4 members (excludes halogenated alkanes) is 18. The van der Waals surface area contributed by atoms with Crippen LogP contribution in [0.15, 0.2) is 122 Å². The molecule has 1 amide bonds. The Bertz CT molecular complexity index is 1660. The van der Waals surface area contributed by atoms with E-state index in [4.69, 9.17) is 13.8 Å². The Balaban J connectivity index is 5.51. The summed E-state index contributed by atoms with van der Waals surface area (Å²) >= 11 is 0. The van der Waals surface area contributed by atoms with Crippen LogP contribution in [0.2, 0.25) is 0 Å². The molecule has 0 aliphatic carbocycles. The van der Waals surface area contributed by atoms with Crippen LogP contribution in [0.25, 0.3) is 0 Å². The number of likely N-dealkylation sites (N-methyl/N-ethyl adjacent to an activating group) is 1. The number of nitrogens with one attached hydrogen (secondary N) is 1. The normalized spacial score (nSPS) is 14.7. The van der Waals surface area contributed by atoms with Gasteiger partial charge in [0.1, 0.15) is 19.3 Å². The van der Waals surface area contributed by atoms with E-state index in [-0.39, 0.29) is 31.3 Å². The fourth-order valence-electron chi connectivity index (χ4n) is 7.54. The van der Waals surface area contributed by atoms with Gasteiger partial charge in [-0.1, -0.05) is 233 Å². The van der Waals surface area contributed by atoms with Crippen LogP contribution in [0.4, 0.5) is 0 Å². The number of hydrogen-bond donors (Lipinski definition) is 1. The fourth-order valence-corrected chi connectivity index (χ4v) is 8.27. The molecule has 416 valence electrons. The van der Waals surface area contributed by atoms with Crippen molar-refractivity contribution in [3.8, 4) is 0 Å². The summed E-state index contributed by atoms with van der Waals surface area (Å²) < 4.78 is 30.2. The highest BCUT2D eigenvalue weighted by Gasteiger charge is 2.27. The predicted molar refractivity (Wildman–Crippen MR) is 311 cm³/mol. The van der Waals surface area contributed by atoms with Crippen LogP contribution in [0.5, 0.6) is 0 Å². The summed E-state index contributed by atoms with van der Waals surface area (Å²) in [5.41, 5.74) is 0. The van der Waals surface area contributed by atoms with Crippen molar-refractivity contribution in [1.82, 2.24) is 5.32 Å². The van der Waals surface area contributed by atoms with Crippen LogP contribution >= 0.6 is 7.82 Å². The van der Waals surface area contributed by atoms with Crippen LogP contribution in [-0.4, -0.2) is 69.4 Å². The second-order valence-corrected chi connectivity index (χ2v) is 21.5. The van der Waals surface area contributed by atoms with E-state index in [0.29, 0.717) is 23.9 Å². The molecule has 3 unspecified atom stereocenters. The fraction of sp³-hybridized carbons (Fsp3) is 0.651. The molecule has 0 fully saturated rings. The molecule has 0 aromatic carbocycles. The molecule has 3 atom stereocenters. The summed E-state index contributed by atoms with van der Waals surface area (Å²) in [6.45, 7) is 6.51. The molecule has 1 N–H and O–H groups in total. The van der Waals surface area contributed by atoms with Gasteiger partial charge in [0.05, 0.1) is 33.8 Å². The molecular formula is C63H107N2O7P. The third kappa shape index (κ3) is 53.1. The highest BCUT2D eigenvalue weighted by atomic mass is 31.2. The lowest BCUT2D eigenvalue weighted by Gasteiger charge is -2.30. The van der Waals surface area contributed by atoms with E-state index >= 15 is 0 Å². The largest absolute Gasteiger partial charge is 0.756 e. The molecule has 0 rings (SSSR count). The van der Waals surface area contributed by atoms with E-state index < -0.39 is 26.6 Å². The van der Waals surface area contributed by atoms with Crippen molar-refractivity contribution >= 4 is 19.7 Å². The number of allylic oxidation sites excluding steroid dienone is 19. The molecule has 0 aromatic rings. The Kier molecular flexibility index (Phi) is 49.3. The SMILES string of the molecule is CC/C=C\C/C=C\C/C=C\C/C=C\C/C=C\C/C=C\CCC(=O)NC(COP(=O)([O-])OCC[N+](C)(C)C)C(/C=C\CCCCCCCCCCCCC)OC(=O)CCCCCCCCC/C=C/C=C/C=C/CC. The Hall–Kier alpha value is -3.59. The first kappa shape index (κ1) is 69.4. The van der Waals surface area contributed by atoms with Crippen molar-refractivity contribution in [3.05, 3.63) is 122 Å².